The Labute approximate surface area is 245 Å². The maximum Gasteiger partial charge on any atom is 0.408 e. The lowest BCUT2D eigenvalue weighted by atomic mass is 9.79. The number of amides is 1. The topological polar surface area (TPSA) is 66.9 Å². The molecule has 0 radical (unpaired) electrons. The Balaban J connectivity index is 1.13. The number of nitrogens with zero attached hydrogens (tertiary/aromatic N) is 3. The molecule has 3 aromatic carbocycles. The van der Waals surface area contributed by atoms with Crippen molar-refractivity contribution in [3.05, 3.63) is 83.9 Å². The predicted molar refractivity (Wildman–Crippen MR) is 156 cm³/mol. The second kappa shape index (κ2) is 11.8. The Morgan fingerprint density at radius 1 is 0.929 bits per heavy atom. The number of anilines is 1. The van der Waals surface area contributed by atoms with Gasteiger partial charge in [0.2, 0.25) is 0 Å². The Morgan fingerprint density at radius 3 is 2.24 bits per heavy atom. The number of rotatable bonds is 8. The van der Waals surface area contributed by atoms with Gasteiger partial charge in [-0.2, -0.15) is 13.2 Å². The van der Waals surface area contributed by atoms with Crippen LogP contribution in [0.1, 0.15) is 30.4 Å². The van der Waals surface area contributed by atoms with Gasteiger partial charge in [-0.15, -0.1) is 0 Å². The minimum atomic E-state index is -4.55. The van der Waals surface area contributed by atoms with Crippen molar-refractivity contribution in [3.8, 4) is 11.5 Å². The number of fused-ring (bicyclic) bond motifs is 3. The molecule has 2 aliphatic rings. The van der Waals surface area contributed by atoms with Crippen LogP contribution in [-0.2, 0) is 10.3 Å². The number of halogens is 3. The van der Waals surface area contributed by atoms with Crippen LogP contribution in [0.4, 0.5) is 23.1 Å². The standard InChI is InChI=1S/C31H31F3N4O3S/c32-31(33,34)21-35-29(39)41-30(22-9-1-4-12-25(22)40-26-13-5-2-10-23(26)30)15-7-8-16-37-17-19-38(20-18-37)28-36-24-11-3-6-14-27(24)42-28/h1-6,9-14H,7-8,15-21H2,(H,35,39). The number of unbranched alkanes of at least 4 members (excludes halogenated alkanes) is 1. The molecule has 0 saturated carbocycles. The summed E-state index contributed by atoms with van der Waals surface area (Å²) in [6, 6.07) is 22.6. The van der Waals surface area contributed by atoms with Crippen molar-refractivity contribution in [3.63, 3.8) is 0 Å². The van der Waals surface area contributed by atoms with E-state index >= 15 is 0 Å². The lowest BCUT2D eigenvalue weighted by molar-refractivity contribution is -0.124. The molecule has 1 amide bonds. The largest absolute Gasteiger partial charge is 0.456 e. The van der Waals surface area contributed by atoms with Gasteiger partial charge in [0, 0.05) is 37.3 Å². The fourth-order valence-corrected chi connectivity index (χ4v) is 6.72. The number of thiazole rings is 1. The predicted octanol–water partition coefficient (Wildman–Crippen LogP) is 6.93. The van der Waals surface area contributed by atoms with E-state index in [1.165, 1.54) is 4.70 Å². The van der Waals surface area contributed by atoms with E-state index in [-0.39, 0.29) is 0 Å². The van der Waals surface area contributed by atoms with Crippen molar-refractivity contribution in [2.45, 2.75) is 31.0 Å². The summed E-state index contributed by atoms with van der Waals surface area (Å²) in [7, 11) is 0. The summed E-state index contributed by atoms with van der Waals surface area (Å²) < 4.78 is 51.8. The smallest absolute Gasteiger partial charge is 0.408 e. The minimum absolute atomic E-state index is 0.398. The Hall–Kier alpha value is -3.83. The van der Waals surface area contributed by atoms with Gasteiger partial charge in [-0.25, -0.2) is 9.78 Å². The zero-order valence-electron chi connectivity index (χ0n) is 22.9. The first-order valence-corrected chi connectivity index (χ1v) is 14.9. The van der Waals surface area contributed by atoms with Crippen molar-refractivity contribution >= 4 is 32.8 Å². The highest BCUT2D eigenvalue weighted by Gasteiger charge is 2.45. The third-order valence-corrected chi connectivity index (χ3v) is 8.84. The average Bonchev–Trinajstić information content (AvgIpc) is 3.43. The van der Waals surface area contributed by atoms with E-state index in [2.05, 4.69) is 15.9 Å². The van der Waals surface area contributed by atoms with E-state index in [1.54, 1.807) is 23.5 Å². The average molecular weight is 597 g/mol. The van der Waals surface area contributed by atoms with Crippen LogP contribution >= 0.6 is 11.3 Å². The molecule has 0 spiro atoms. The summed E-state index contributed by atoms with van der Waals surface area (Å²) in [4.78, 5) is 22.3. The van der Waals surface area contributed by atoms with Gasteiger partial charge in [0.1, 0.15) is 18.0 Å². The summed E-state index contributed by atoms with van der Waals surface area (Å²) in [6.45, 7) is 3.01. The fourth-order valence-electron chi connectivity index (χ4n) is 5.71. The molecule has 7 nitrogen and oxygen atoms in total. The number of aromatic nitrogens is 1. The molecule has 0 unspecified atom stereocenters. The first kappa shape index (κ1) is 28.3. The van der Waals surface area contributed by atoms with E-state index < -0.39 is 24.4 Å². The van der Waals surface area contributed by atoms with Crippen LogP contribution in [0.15, 0.2) is 72.8 Å². The molecule has 4 aromatic rings. The summed E-state index contributed by atoms with van der Waals surface area (Å²) in [5.41, 5.74) is 0.983. The number of alkyl halides is 3. The number of piperazine rings is 1. The van der Waals surface area contributed by atoms with Gasteiger partial charge in [-0.3, -0.25) is 4.90 Å². The van der Waals surface area contributed by atoms with Gasteiger partial charge in [-0.1, -0.05) is 59.9 Å². The normalized spacial score (nSPS) is 16.4. The number of ether oxygens (including phenoxy) is 2. The van der Waals surface area contributed by atoms with Crippen LogP contribution in [-0.4, -0.2) is 61.4 Å². The second-order valence-electron chi connectivity index (χ2n) is 10.5. The third-order valence-electron chi connectivity index (χ3n) is 7.74. The summed E-state index contributed by atoms with van der Waals surface area (Å²) in [5.74, 6) is 1.04. The molecule has 1 aromatic heterocycles. The van der Waals surface area contributed by atoms with E-state index in [9.17, 15) is 18.0 Å². The fraction of sp³-hybridized carbons (Fsp3) is 0.355. The molecule has 3 heterocycles. The van der Waals surface area contributed by atoms with Crippen LogP contribution in [0.25, 0.3) is 10.2 Å². The molecule has 0 aliphatic carbocycles. The first-order chi connectivity index (χ1) is 20.3. The lowest BCUT2D eigenvalue weighted by Gasteiger charge is -2.40. The maximum absolute atomic E-state index is 12.9. The van der Waals surface area contributed by atoms with Crippen molar-refractivity contribution in [2.75, 3.05) is 44.2 Å². The zero-order chi connectivity index (χ0) is 29.2. The van der Waals surface area contributed by atoms with Crippen molar-refractivity contribution in [2.24, 2.45) is 0 Å². The Morgan fingerprint density at radius 2 is 1.57 bits per heavy atom. The number of para-hydroxylation sites is 3. The van der Waals surface area contributed by atoms with Crippen LogP contribution in [0.3, 0.4) is 0 Å². The third kappa shape index (κ3) is 6.03. The zero-order valence-corrected chi connectivity index (χ0v) is 23.7. The molecular formula is C31H31F3N4O3S. The van der Waals surface area contributed by atoms with Crippen molar-refractivity contribution in [1.82, 2.24) is 15.2 Å². The molecule has 6 rings (SSSR count). The first-order valence-electron chi connectivity index (χ1n) is 14.0. The second-order valence-corrected chi connectivity index (χ2v) is 11.5. The number of alkyl carbamates (subject to hydrolysis) is 1. The molecule has 2 aliphatic heterocycles. The number of carbonyl (C=O) groups is 1. The highest BCUT2D eigenvalue weighted by Crippen LogP contribution is 2.51. The van der Waals surface area contributed by atoms with Crippen LogP contribution in [0.5, 0.6) is 11.5 Å². The van der Waals surface area contributed by atoms with Crippen LogP contribution in [0.2, 0.25) is 0 Å². The molecule has 42 heavy (non-hydrogen) atoms. The maximum atomic E-state index is 12.9. The van der Waals surface area contributed by atoms with Crippen molar-refractivity contribution in [1.29, 1.82) is 0 Å². The minimum Gasteiger partial charge on any atom is -0.456 e. The lowest BCUT2D eigenvalue weighted by Crippen LogP contribution is -2.46. The molecular weight excluding hydrogens is 565 g/mol. The molecule has 1 fully saturated rings. The van der Waals surface area contributed by atoms with Gasteiger partial charge >= 0.3 is 12.3 Å². The van der Waals surface area contributed by atoms with Gasteiger partial charge in [0.15, 0.2) is 10.7 Å². The number of carbonyl (C=O) groups excluding carboxylic acids is 1. The number of benzene rings is 3. The Bertz CT molecular complexity index is 1470. The number of hydrogen-bond donors (Lipinski definition) is 1. The van der Waals surface area contributed by atoms with E-state index in [1.807, 2.05) is 59.9 Å². The summed E-state index contributed by atoms with van der Waals surface area (Å²) in [6.07, 6.45) is -3.75. The Kier molecular flexibility index (Phi) is 7.96. The molecule has 1 saturated heterocycles. The molecule has 11 heteroatoms. The van der Waals surface area contributed by atoms with Gasteiger partial charge < -0.3 is 19.7 Å². The van der Waals surface area contributed by atoms with E-state index in [4.69, 9.17) is 14.5 Å². The number of hydrogen-bond acceptors (Lipinski definition) is 7. The SMILES string of the molecule is O=C(NCC(F)(F)F)OC1(CCCCN2CCN(c3nc4ccccc4s3)CC2)c2ccccc2Oc2ccccc21. The number of nitrogens with one attached hydrogen (secondary N) is 1. The van der Waals surface area contributed by atoms with Crippen LogP contribution < -0.4 is 15.0 Å². The van der Waals surface area contributed by atoms with Crippen LogP contribution in [0, 0.1) is 0 Å². The van der Waals surface area contributed by atoms with Gasteiger partial charge in [0.05, 0.1) is 10.2 Å². The van der Waals surface area contributed by atoms with Gasteiger partial charge in [0.25, 0.3) is 0 Å². The molecule has 1 N–H and O–H groups in total. The van der Waals surface area contributed by atoms with E-state index in [0.29, 0.717) is 35.5 Å². The van der Waals surface area contributed by atoms with E-state index in [0.717, 1.165) is 49.8 Å². The molecule has 0 bridgehead atoms. The monoisotopic (exact) mass is 596 g/mol. The summed E-state index contributed by atoms with van der Waals surface area (Å²) >= 11 is 1.72. The molecule has 0 atom stereocenters. The molecule has 220 valence electrons. The van der Waals surface area contributed by atoms with Gasteiger partial charge in [-0.05, 0) is 50.1 Å². The van der Waals surface area contributed by atoms with Crippen molar-refractivity contribution < 1.29 is 27.4 Å². The highest BCUT2D eigenvalue weighted by molar-refractivity contribution is 7.22. The highest BCUT2D eigenvalue weighted by atomic mass is 32.1. The quantitative estimate of drug-likeness (QED) is 0.223. The summed E-state index contributed by atoms with van der Waals surface area (Å²) in [5, 5.41) is 2.93.